The van der Waals surface area contributed by atoms with Gasteiger partial charge in [-0.1, -0.05) is 20.8 Å². The van der Waals surface area contributed by atoms with Gasteiger partial charge < -0.3 is 4.74 Å². The van der Waals surface area contributed by atoms with E-state index in [1.165, 1.54) is 4.88 Å². The van der Waals surface area contributed by atoms with Crippen LogP contribution in [-0.4, -0.2) is 16.6 Å². The molecule has 0 saturated carbocycles. The molecule has 2 aromatic heterocycles. The van der Waals surface area contributed by atoms with Gasteiger partial charge in [0.05, 0.1) is 12.0 Å². The summed E-state index contributed by atoms with van der Waals surface area (Å²) in [6.07, 6.45) is 3.18. The van der Waals surface area contributed by atoms with E-state index in [1.54, 1.807) is 11.3 Å². The van der Waals surface area contributed by atoms with Crippen LogP contribution in [0.15, 0.2) is 6.07 Å². The van der Waals surface area contributed by atoms with Crippen molar-refractivity contribution in [3.63, 3.8) is 0 Å². The van der Waals surface area contributed by atoms with Gasteiger partial charge in [0, 0.05) is 4.88 Å². The van der Waals surface area contributed by atoms with Crippen LogP contribution in [0.4, 0.5) is 0 Å². The Morgan fingerprint density at radius 2 is 2.16 bits per heavy atom. The SMILES string of the molecule is CCc1cc2c(OCCCC(C)C)nc(Cl)nc2s1. The first kappa shape index (κ1) is 14.5. The molecule has 0 aliphatic heterocycles. The maximum absolute atomic E-state index is 5.94. The van der Waals surface area contributed by atoms with Crippen LogP contribution in [0, 0.1) is 5.92 Å². The van der Waals surface area contributed by atoms with Crippen molar-refractivity contribution < 1.29 is 4.74 Å². The van der Waals surface area contributed by atoms with Crippen molar-refractivity contribution in [2.24, 2.45) is 5.92 Å². The third-order valence-corrected chi connectivity index (χ3v) is 4.24. The number of thiophene rings is 1. The van der Waals surface area contributed by atoms with Crippen LogP contribution in [0.5, 0.6) is 5.88 Å². The van der Waals surface area contributed by atoms with Crippen molar-refractivity contribution in [2.45, 2.75) is 40.0 Å². The predicted octanol–water partition coefficient (Wildman–Crippen LogP) is 4.72. The zero-order valence-corrected chi connectivity index (χ0v) is 13.1. The van der Waals surface area contributed by atoms with Gasteiger partial charge >= 0.3 is 0 Å². The lowest BCUT2D eigenvalue weighted by molar-refractivity contribution is 0.290. The molecule has 0 saturated heterocycles. The minimum Gasteiger partial charge on any atom is -0.477 e. The van der Waals surface area contributed by atoms with Gasteiger partial charge in [0.2, 0.25) is 11.2 Å². The molecular weight excluding hydrogens is 280 g/mol. The molecule has 104 valence electrons. The average Bonchev–Trinajstić information content (AvgIpc) is 2.77. The molecule has 0 fully saturated rings. The number of hydrogen-bond donors (Lipinski definition) is 0. The molecule has 2 heterocycles. The molecular formula is C14H19ClN2OS. The van der Waals surface area contributed by atoms with Gasteiger partial charge in [0.15, 0.2) is 0 Å². The molecule has 5 heteroatoms. The fraction of sp³-hybridized carbons (Fsp3) is 0.571. The minimum atomic E-state index is 0.260. The van der Waals surface area contributed by atoms with Gasteiger partial charge in [-0.15, -0.1) is 11.3 Å². The quantitative estimate of drug-likeness (QED) is 0.571. The lowest BCUT2D eigenvalue weighted by atomic mass is 10.1. The number of ether oxygens (including phenoxy) is 1. The Kier molecular flexibility index (Phi) is 4.99. The van der Waals surface area contributed by atoms with Crippen LogP contribution >= 0.6 is 22.9 Å². The van der Waals surface area contributed by atoms with E-state index in [1.807, 2.05) is 0 Å². The molecule has 0 aliphatic rings. The first-order chi connectivity index (χ1) is 9.10. The number of aromatic nitrogens is 2. The highest BCUT2D eigenvalue weighted by atomic mass is 35.5. The Morgan fingerprint density at radius 1 is 1.37 bits per heavy atom. The second-order valence-electron chi connectivity index (χ2n) is 4.97. The second-order valence-corrected chi connectivity index (χ2v) is 6.42. The summed E-state index contributed by atoms with van der Waals surface area (Å²) >= 11 is 7.60. The summed E-state index contributed by atoms with van der Waals surface area (Å²) in [5, 5.41) is 1.24. The number of aryl methyl sites for hydroxylation is 1. The average molecular weight is 299 g/mol. The molecule has 0 unspecified atom stereocenters. The van der Waals surface area contributed by atoms with Crippen LogP contribution in [-0.2, 0) is 6.42 Å². The van der Waals surface area contributed by atoms with Crippen molar-refractivity contribution in [3.05, 3.63) is 16.2 Å². The van der Waals surface area contributed by atoms with E-state index >= 15 is 0 Å². The molecule has 0 radical (unpaired) electrons. The molecule has 3 nitrogen and oxygen atoms in total. The maximum atomic E-state index is 5.94. The Bertz CT molecular complexity index is 554. The highest BCUT2D eigenvalue weighted by molar-refractivity contribution is 7.18. The molecule has 0 N–H and O–H groups in total. The zero-order valence-electron chi connectivity index (χ0n) is 11.6. The Hall–Kier alpha value is -0.870. The minimum absolute atomic E-state index is 0.260. The summed E-state index contributed by atoms with van der Waals surface area (Å²) in [5.41, 5.74) is 0. The normalized spacial score (nSPS) is 11.4. The van der Waals surface area contributed by atoms with Crippen molar-refractivity contribution in [1.29, 1.82) is 0 Å². The molecule has 0 bridgehead atoms. The van der Waals surface area contributed by atoms with Crippen LogP contribution < -0.4 is 4.74 Å². The zero-order chi connectivity index (χ0) is 13.8. The highest BCUT2D eigenvalue weighted by Crippen LogP contribution is 2.31. The van der Waals surface area contributed by atoms with E-state index in [9.17, 15) is 0 Å². The van der Waals surface area contributed by atoms with Gasteiger partial charge in [0.25, 0.3) is 0 Å². The van der Waals surface area contributed by atoms with Crippen LogP contribution in [0.3, 0.4) is 0 Å². The predicted molar refractivity (Wildman–Crippen MR) is 81.4 cm³/mol. The van der Waals surface area contributed by atoms with E-state index in [4.69, 9.17) is 16.3 Å². The highest BCUT2D eigenvalue weighted by Gasteiger charge is 2.11. The standard InChI is InChI=1S/C14H19ClN2OS/c1-4-10-8-11-12(18-7-5-6-9(2)3)16-14(15)17-13(11)19-10/h8-9H,4-7H2,1-3H3. The van der Waals surface area contributed by atoms with Crippen molar-refractivity contribution >= 4 is 33.2 Å². The smallest absolute Gasteiger partial charge is 0.227 e. The van der Waals surface area contributed by atoms with E-state index in [0.717, 1.165) is 29.5 Å². The monoisotopic (exact) mass is 298 g/mol. The number of rotatable bonds is 6. The fourth-order valence-corrected chi connectivity index (χ4v) is 3.03. The molecule has 19 heavy (non-hydrogen) atoms. The van der Waals surface area contributed by atoms with Gasteiger partial charge in [0.1, 0.15) is 4.83 Å². The molecule has 0 atom stereocenters. The third kappa shape index (κ3) is 3.80. The first-order valence-electron chi connectivity index (χ1n) is 6.69. The Balaban J connectivity index is 2.14. The molecule has 0 aromatic carbocycles. The summed E-state index contributed by atoms with van der Waals surface area (Å²) in [6.45, 7) is 7.24. The summed E-state index contributed by atoms with van der Waals surface area (Å²) in [6, 6.07) is 2.11. The Morgan fingerprint density at radius 3 is 2.84 bits per heavy atom. The van der Waals surface area contributed by atoms with E-state index in [-0.39, 0.29) is 5.28 Å². The van der Waals surface area contributed by atoms with Crippen LogP contribution in [0.25, 0.3) is 10.2 Å². The summed E-state index contributed by atoms with van der Waals surface area (Å²) in [5.74, 6) is 1.32. The van der Waals surface area contributed by atoms with E-state index in [0.29, 0.717) is 18.4 Å². The maximum Gasteiger partial charge on any atom is 0.227 e. The van der Waals surface area contributed by atoms with Crippen LogP contribution in [0.2, 0.25) is 5.28 Å². The number of fused-ring (bicyclic) bond motifs is 1. The van der Waals surface area contributed by atoms with Gasteiger partial charge in [-0.2, -0.15) is 4.98 Å². The number of nitrogens with zero attached hydrogens (tertiary/aromatic N) is 2. The number of halogens is 1. The van der Waals surface area contributed by atoms with Gasteiger partial charge in [-0.05, 0) is 42.8 Å². The first-order valence-corrected chi connectivity index (χ1v) is 7.88. The lowest BCUT2D eigenvalue weighted by Gasteiger charge is -2.07. The summed E-state index contributed by atoms with van der Waals surface area (Å²) in [4.78, 5) is 10.6. The summed E-state index contributed by atoms with van der Waals surface area (Å²) < 4.78 is 5.78. The fourth-order valence-electron chi connectivity index (χ4n) is 1.87. The Labute approximate surface area is 123 Å². The molecule has 2 rings (SSSR count). The number of hydrogen-bond acceptors (Lipinski definition) is 4. The van der Waals surface area contributed by atoms with Crippen molar-refractivity contribution in [2.75, 3.05) is 6.61 Å². The van der Waals surface area contributed by atoms with Gasteiger partial charge in [-0.3, -0.25) is 0 Å². The topological polar surface area (TPSA) is 35.0 Å². The molecule has 0 amide bonds. The largest absolute Gasteiger partial charge is 0.477 e. The van der Waals surface area contributed by atoms with Crippen LogP contribution in [0.1, 0.15) is 38.5 Å². The molecule has 0 spiro atoms. The summed E-state index contributed by atoms with van der Waals surface area (Å²) in [7, 11) is 0. The van der Waals surface area contributed by atoms with E-state index < -0.39 is 0 Å². The van der Waals surface area contributed by atoms with Crippen molar-refractivity contribution in [3.8, 4) is 5.88 Å². The third-order valence-electron chi connectivity index (χ3n) is 2.89. The molecule has 0 aliphatic carbocycles. The lowest BCUT2D eigenvalue weighted by Crippen LogP contribution is -2.02. The van der Waals surface area contributed by atoms with Crippen molar-refractivity contribution in [1.82, 2.24) is 9.97 Å². The second kappa shape index (κ2) is 6.53. The molecule has 2 aromatic rings. The van der Waals surface area contributed by atoms with E-state index in [2.05, 4.69) is 36.8 Å². The van der Waals surface area contributed by atoms with Gasteiger partial charge in [-0.25, -0.2) is 4.98 Å².